The molecular weight excluding hydrogens is 339 g/mol. The molecule has 5 unspecified atom stereocenters. The summed E-state index contributed by atoms with van der Waals surface area (Å²) in [4.78, 5) is 34.5. The maximum absolute atomic E-state index is 12.3. The van der Waals surface area contributed by atoms with Crippen LogP contribution in [0.3, 0.4) is 0 Å². The van der Waals surface area contributed by atoms with Gasteiger partial charge in [-0.25, -0.2) is 0 Å². The van der Waals surface area contributed by atoms with E-state index < -0.39 is 42.4 Å². The molecule has 3 rings (SSSR count). The zero-order valence-electron chi connectivity index (χ0n) is 11.6. The molecule has 0 aliphatic carbocycles. The van der Waals surface area contributed by atoms with Gasteiger partial charge < -0.3 is 14.8 Å². The predicted octanol–water partition coefficient (Wildman–Crippen LogP) is 0.562. The van der Waals surface area contributed by atoms with E-state index in [1.54, 1.807) is 0 Å². The summed E-state index contributed by atoms with van der Waals surface area (Å²) in [6, 6.07) is 0. The molecule has 1 amide bonds. The summed E-state index contributed by atoms with van der Waals surface area (Å²) in [5, 5.41) is 1.71. The minimum atomic E-state index is -4.86. The van der Waals surface area contributed by atoms with Crippen LogP contribution < -0.4 is 5.32 Å². The zero-order valence-corrected chi connectivity index (χ0v) is 12.4. The molecule has 0 aromatic rings. The number of fused-ring (bicyclic) bond motifs is 1. The molecule has 3 heterocycles. The lowest BCUT2D eigenvalue weighted by molar-refractivity contribution is -0.159. The van der Waals surface area contributed by atoms with E-state index in [0.717, 1.165) is 0 Å². The Labute approximate surface area is 132 Å². The summed E-state index contributed by atoms with van der Waals surface area (Å²) in [7, 11) is 0. The number of esters is 2. The van der Waals surface area contributed by atoms with Crippen LogP contribution in [0.25, 0.3) is 0 Å². The van der Waals surface area contributed by atoms with Crippen LogP contribution in [0.2, 0.25) is 0 Å². The van der Waals surface area contributed by atoms with Gasteiger partial charge >= 0.3 is 18.1 Å². The van der Waals surface area contributed by atoms with E-state index in [2.05, 4.69) is 6.58 Å². The lowest BCUT2D eigenvalue weighted by Gasteiger charge is -2.24. The van der Waals surface area contributed by atoms with Crippen molar-refractivity contribution in [3.63, 3.8) is 0 Å². The first-order valence-electron chi connectivity index (χ1n) is 6.78. The molecule has 0 aromatic heterocycles. The van der Waals surface area contributed by atoms with Gasteiger partial charge in [-0.15, -0.1) is 11.8 Å². The van der Waals surface area contributed by atoms with Gasteiger partial charge in [-0.1, -0.05) is 6.58 Å². The SMILES string of the molecule is C=C(C(=O)NCC(=O)OC1C2CC3C(=O)OC1C3S2)C(F)(F)F. The van der Waals surface area contributed by atoms with Gasteiger partial charge in [0.2, 0.25) is 0 Å². The predicted molar refractivity (Wildman–Crippen MR) is 71.2 cm³/mol. The highest BCUT2D eigenvalue weighted by Crippen LogP contribution is 2.55. The number of nitrogens with one attached hydrogen (secondary N) is 1. The van der Waals surface area contributed by atoms with Crippen LogP contribution >= 0.6 is 11.8 Å². The van der Waals surface area contributed by atoms with Crippen molar-refractivity contribution >= 4 is 29.6 Å². The molecule has 6 nitrogen and oxygen atoms in total. The number of carbonyl (C=O) groups excluding carboxylic acids is 3. The van der Waals surface area contributed by atoms with Gasteiger partial charge in [0.15, 0.2) is 12.2 Å². The molecule has 3 aliphatic heterocycles. The quantitative estimate of drug-likeness (QED) is 0.589. The molecule has 2 bridgehead atoms. The Morgan fingerprint density at radius 2 is 2.13 bits per heavy atom. The summed E-state index contributed by atoms with van der Waals surface area (Å²) < 4.78 is 47.1. The number of halogens is 3. The number of thioether (sulfide) groups is 1. The van der Waals surface area contributed by atoms with Crippen molar-refractivity contribution in [2.24, 2.45) is 5.92 Å². The van der Waals surface area contributed by atoms with E-state index in [-0.39, 0.29) is 22.4 Å². The van der Waals surface area contributed by atoms with Crippen molar-refractivity contribution in [2.75, 3.05) is 6.54 Å². The number of hydrogen-bond donors (Lipinski definition) is 1. The normalized spacial score (nSPS) is 34.2. The van der Waals surface area contributed by atoms with Crippen LogP contribution in [0.15, 0.2) is 12.2 Å². The lowest BCUT2D eigenvalue weighted by Crippen LogP contribution is -2.42. The Balaban J connectivity index is 1.50. The van der Waals surface area contributed by atoms with Crippen molar-refractivity contribution in [3.05, 3.63) is 12.2 Å². The van der Waals surface area contributed by atoms with Crippen molar-refractivity contribution in [2.45, 2.75) is 35.3 Å². The van der Waals surface area contributed by atoms with Gasteiger partial charge in [-0.05, 0) is 6.42 Å². The average Bonchev–Trinajstić information content (AvgIpc) is 3.07. The third-order valence-corrected chi connectivity index (χ3v) is 5.78. The second-order valence-electron chi connectivity index (χ2n) is 5.50. The fourth-order valence-electron chi connectivity index (χ4n) is 2.96. The molecule has 23 heavy (non-hydrogen) atoms. The molecule has 3 fully saturated rings. The first-order chi connectivity index (χ1) is 10.7. The number of amides is 1. The van der Waals surface area contributed by atoms with E-state index in [1.165, 1.54) is 11.8 Å². The minimum absolute atomic E-state index is 0.0371. The first kappa shape index (κ1) is 16.2. The van der Waals surface area contributed by atoms with E-state index in [4.69, 9.17) is 9.47 Å². The van der Waals surface area contributed by atoms with Gasteiger partial charge in [-0.2, -0.15) is 13.2 Å². The van der Waals surface area contributed by atoms with Crippen LogP contribution in [0.1, 0.15) is 6.42 Å². The highest BCUT2D eigenvalue weighted by Gasteiger charge is 2.64. The lowest BCUT2D eigenvalue weighted by atomic mass is 9.88. The summed E-state index contributed by atoms with van der Waals surface area (Å²) in [5.41, 5.74) is -1.59. The molecule has 0 radical (unpaired) electrons. The highest BCUT2D eigenvalue weighted by atomic mass is 32.2. The molecule has 0 saturated carbocycles. The summed E-state index contributed by atoms with van der Waals surface area (Å²) in [6.45, 7) is 1.92. The minimum Gasteiger partial charge on any atom is -0.457 e. The van der Waals surface area contributed by atoms with Crippen LogP contribution in [0, 0.1) is 5.92 Å². The Bertz CT molecular complexity index is 593. The number of ether oxygens (including phenoxy) is 2. The van der Waals surface area contributed by atoms with Crippen molar-refractivity contribution < 1.29 is 37.0 Å². The second-order valence-corrected chi connectivity index (χ2v) is 6.92. The summed E-state index contributed by atoms with van der Waals surface area (Å²) >= 11 is 1.52. The van der Waals surface area contributed by atoms with Gasteiger partial charge in [-0.3, -0.25) is 14.4 Å². The molecule has 1 N–H and O–H groups in total. The maximum atomic E-state index is 12.3. The van der Waals surface area contributed by atoms with Gasteiger partial charge in [0.1, 0.15) is 12.1 Å². The molecule has 3 saturated heterocycles. The van der Waals surface area contributed by atoms with Crippen LogP contribution in [0.5, 0.6) is 0 Å². The van der Waals surface area contributed by atoms with Crippen molar-refractivity contribution in [1.29, 1.82) is 0 Å². The third kappa shape index (κ3) is 2.79. The Morgan fingerprint density at radius 3 is 2.78 bits per heavy atom. The van der Waals surface area contributed by atoms with Crippen LogP contribution in [0.4, 0.5) is 13.2 Å². The monoisotopic (exact) mass is 351 g/mol. The Hall–Kier alpha value is -1.71. The number of carbonyl (C=O) groups is 3. The Morgan fingerprint density at radius 1 is 1.43 bits per heavy atom. The Kier molecular flexibility index (Phi) is 3.81. The third-order valence-electron chi connectivity index (χ3n) is 4.06. The van der Waals surface area contributed by atoms with E-state index in [0.29, 0.717) is 6.42 Å². The smallest absolute Gasteiger partial charge is 0.421 e. The van der Waals surface area contributed by atoms with E-state index in [1.807, 2.05) is 5.32 Å². The molecule has 0 spiro atoms. The second kappa shape index (κ2) is 5.43. The maximum Gasteiger partial charge on any atom is 0.421 e. The van der Waals surface area contributed by atoms with E-state index in [9.17, 15) is 27.6 Å². The topological polar surface area (TPSA) is 81.7 Å². The van der Waals surface area contributed by atoms with Gasteiger partial charge in [0, 0.05) is 5.25 Å². The number of hydrogen-bond acceptors (Lipinski definition) is 6. The zero-order chi connectivity index (χ0) is 16.9. The standard InChI is InChI=1S/C13H12F3NO5S/c1-4(13(14,15)16)11(19)17-3-7(18)21-8-6-2-5-10(23-6)9(8)22-12(5)20/h5-6,8-10H,1-3H2,(H,17,19). The number of rotatable bonds is 4. The van der Waals surface area contributed by atoms with E-state index >= 15 is 0 Å². The van der Waals surface area contributed by atoms with Gasteiger partial charge in [0.05, 0.1) is 11.2 Å². The fraction of sp³-hybridized carbons (Fsp3) is 0.615. The van der Waals surface area contributed by atoms with Crippen molar-refractivity contribution in [1.82, 2.24) is 5.32 Å². The first-order valence-corrected chi connectivity index (χ1v) is 7.72. The average molecular weight is 351 g/mol. The molecular formula is C13H12F3NO5S. The fourth-order valence-corrected chi connectivity index (χ4v) is 4.83. The molecule has 10 heteroatoms. The molecule has 3 aliphatic rings. The summed E-state index contributed by atoms with van der Waals surface area (Å²) in [6.07, 6.45) is -5.44. The molecule has 0 aromatic carbocycles. The van der Waals surface area contributed by atoms with Crippen LogP contribution in [-0.2, 0) is 23.9 Å². The van der Waals surface area contributed by atoms with Crippen LogP contribution in [-0.4, -0.2) is 53.3 Å². The number of alkyl halides is 3. The van der Waals surface area contributed by atoms with Crippen molar-refractivity contribution in [3.8, 4) is 0 Å². The highest BCUT2D eigenvalue weighted by molar-refractivity contribution is 8.01. The summed E-state index contributed by atoms with van der Waals surface area (Å²) in [5.74, 6) is -2.84. The largest absolute Gasteiger partial charge is 0.457 e. The molecule has 5 atom stereocenters. The van der Waals surface area contributed by atoms with Gasteiger partial charge in [0.25, 0.3) is 5.91 Å². The molecule has 126 valence electrons.